The van der Waals surface area contributed by atoms with E-state index in [-0.39, 0.29) is 5.41 Å². The molecule has 0 aliphatic heterocycles. The van der Waals surface area contributed by atoms with Gasteiger partial charge in [-0.25, -0.2) is 0 Å². The summed E-state index contributed by atoms with van der Waals surface area (Å²) in [5.74, 6) is 0. The first-order valence-corrected chi connectivity index (χ1v) is 21.8. The molecule has 9 aromatic carbocycles. The van der Waals surface area contributed by atoms with Crippen molar-refractivity contribution in [2.75, 3.05) is 9.80 Å². The van der Waals surface area contributed by atoms with Crippen molar-refractivity contribution in [2.24, 2.45) is 0 Å². The lowest BCUT2D eigenvalue weighted by Crippen LogP contribution is -2.29. The van der Waals surface area contributed by atoms with Gasteiger partial charge in [0.25, 0.3) is 0 Å². The van der Waals surface area contributed by atoms with Crippen molar-refractivity contribution in [1.82, 2.24) is 0 Å². The maximum atomic E-state index is 2.56. The molecule has 2 aliphatic rings. The molecule has 0 aromatic heterocycles. The molecule has 0 N–H and O–H groups in total. The van der Waals surface area contributed by atoms with Crippen molar-refractivity contribution in [1.29, 1.82) is 0 Å². The molecular weight excluding hydrogens is 749 g/mol. The maximum Gasteiger partial charge on any atom is 0.0713 e. The van der Waals surface area contributed by atoms with Crippen LogP contribution in [0.3, 0.4) is 0 Å². The third-order valence-electron chi connectivity index (χ3n) is 13.4. The Balaban J connectivity index is 1.16. The first-order chi connectivity index (χ1) is 30.3. The van der Waals surface area contributed by atoms with Gasteiger partial charge in [-0.05, 0) is 154 Å². The summed E-state index contributed by atoms with van der Waals surface area (Å²) in [5, 5.41) is 0. The van der Waals surface area contributed by atoms with E-state index in [0.29, 0.717) is 0 Å². The van der Waals surface area contributed by atoms with Crippen LogP contribution in [0.5, 0.6) is 0 Å². The number of para-hydroxylation sites is 4. The molecule has 0 unspecified atom stereocenters. The van der Waals surface area contributed by atoms with Crippen molar-refractivity contribution >= 4 is 34.1 Å². The smallest absolute Gasteiger partial charge is 0.0713 e. The summed E-state index contributed by atoms with van der Waals surface area (Å²) in [7, 11) is 0. The average molecular weight is 797 g/mol. The van der Waals surface area contributed by atoms with Gasteiger partial charge in [0.05, 0.1) is 5.41 Å². The minimum absolute atomic E-state index is 0.123. The van der Waals surface area contributed by atoms with Crippen LogP contribution in [-0.2, 0) is 10.8 Å². The van der Waals surface area contributed by atoms with Crippen molar-refractivity contribution in [3.05, 3.63) is 263 Å². The van der Waals surface area contributed by atoms with Crippen LogP contribution in [-0.4, -0.2) is 0 Å². The Kier molecular flexibility index (Phi) is 8.87. The number of benzene rings is 9. The Bertz CT molecular complexity index is 2870. The minimum atomic E-state index is -0.602. The highest BCUT2D eigenvalue weighted by Crippen LogP contribution is 2.60. The Labute approximate surface area is 366 Å². The third kappa shape index (κ3) is 5.85. The van der Waals surface area contributed by atoms with Gasteiger partial charge in [-0.2, -0.15) is 0 Å². The molecule has 0 heterocycles. The van der Waals surface area contributed by atoms with E-state index in [4.69, 9.17) is 0 Å². The summed E-state index contributed by atoms with van der Waals surface area (Å²) in [5.41, 5.74) is 21.8. The number of fused-ring (bicyclic) bond motifs is 6. The van der Waals surface area contributed by atoms with Crippen LogP contribution in [0.4, 0.5) is 34.1 Å². The molecule has 0 amide bonds. The fraction of sp³-hybridized carbons (Fsp3) is 0.100. The molecule has 298 valence electrons. The lowest BCUT2D eigenvalue weighted by molar-refractivity contribution is 0.659. The lowest BCUT2D eigenvalue weighted by atomic mass is 9.67. The van der Waals surface area contributed by atoms with Gasteiger partial charge in [-0.3, -0.25) is 0 Å². The van der Waals surface area contributed by atoms with Crippen LogP contribution in [0.25, 0.3) is 22.3 Å². The molecule has 0 spiro atoms. The second-order valence-electron chi connectivity index (χ2n) is 17.5. The minimum Gasteiger partial charge on any atom is -0.311 e. The van der Waals surface area contributed by atoms with Crippen molar-refractivity contribution < 1.29 is 0 Å². The van der Waals surface area contributed by atoms with Crippen LogP contribution in [0, 0.1) is 13.8 Å². The fourth-order valence-corrected chi connectivity index (χ4v) is 10.5. The number of anilines is 6. The van der Waals surface area contributed by atoms with Crippen LogP contribution in [0.2, 0.25) is 0 Å². The molecule has 0 bridgehead atoms. The average Bonchev–Trinajstić information content (AvgIpc) is 3.71. The van der Waals surface area contributed by atoms with E-state index in [1.807, 2.05) is 0 Å². The van der Waals surface area contributed by atoms with Gasteiger partial charge in [0, 0.05) is 39.5 Å². The molecule has 2 nitrogen and oxygen atoms in total. The van der Waals surface area contributed by atoms with Crippen LogP contribution < -0.4 is 9.80 Å². The molecule has 62 heavy (non-hydrogen) atoms. The third-order valence-corrected chi connectivity index (χ3v) is 13.4. The van der Waals surface area contributed by atoms with Gasteiger partial charge in [-0.1, -0.05) is 158 Å². The molecule has 11 rings (SSSR count). The van der Waals surface area contributed by atoms with Crippen molar-refractivity contribution in [2.45, 2.75) is 38.5 Å². The largest absolute Gasteiger partial charge is 0.311 e. The molecule has 0 saturated heterocycles. The fourth-order valence-electron chi connectivity index (χ4n) is 10.5. The summed E-state index contributed by atoms with van der Waals surface area (Å²) in [4.78, 5) is 4.70. The normalized spacial score (nSPS) is 13.7. The quantitative estimate of drug-likeness (QED) is 0.151. The highest BCUT2D eigenvalue weighted by atomic mass is 15.1. The zero-order chi connectivity index (χ0) is 42.0. The van der Waals surface area contributed by atoms with Gasteiger partial charge in [0.1, 0.15) is 0 Å². The Morgan fingerprint density at radius 1 is 0.290 bits per heavy atom. The Morgan fingerprint density at radius 2 is 0.597 bits per heavy atom. The first kappa shape index (κ1) is 37.6. The van der Waals surface area contributed by atoms with Gasteiger partial charge in [0.2, 0.25) is 0 Å². The standard InChI is InChI=1S/C60H48N2/c1-41-25-35-51-53-40-58-54(39-56(53)59(3,4)55(51)37-41)52-36-26-42(2)38-57(52)60(58,43-27-31-49(32-28-43)61(45-17-9-5-10-18-45)46-19-11-6-12-20-46)44-29-33-50(34-30-44)62(47-21-13-7-14-22-47)48-23-15-8-16-24-48/h5-40H,1-4H3. The maximum absolute atomic E-state index is 2.56. The SMILES string of the molecule is Cc1ccc2c(c1)C(C)(C)c1cc3c(cc1-2)C(c1ccc(N(c2ccccc2)c2ccccc2)cc1)(c1ccc(N(c2ccccc2)c2ccccc2)cc1)c1cc(C)ccc1-3. The summed E-state index contributed by atoms with van der Waals surface area (Å²) in [6.45, 7) is 9.24. The number of aryl methyl sites for hydroxylation is 2. The van der Waals surface area contributed by atoms with Gasteiger partial charge < -0.3 is 9.80 Å². The number of rotatable bonds is 8. The highest BCUT2D eigenvalue weighted by Gasteiger charge is 2.48. The van der Waals surface area contributed by atoms with Gasteiger partial charge in [0.15, 0.2) is 0 Å². The summed E-state index contributed by atoms with van der Waals surface area (Å²) >= 11 is 0. The number of hydrogen-bond donors (Lipinski definition) is 0. The van der Waals surface area contributed by atoms with E-state index in [1.165, 1.54) is 66.8 Å². The predicted octanol–water partition coefficient (Wildman–Crippen LogP) is 15.9. The monoisotopic (exact) mass is 796 g/mol. The van der Waals surface area contributed by atoms with E-state index in [9.17, 15) is 0 Å². The molecule has 2 heteroatoms. The van der Waals surface area contributed by atoms with E-state index in [1.54, 1.807) is 0 Å². The Hall–Kier alpha value is -7.42. The molecule has 0 fully saturated rings. The number of hydrogen-bond acceptors (Lipinski definition) is 2. The van der Waals surface area contributed by atoms with E-state index < -0.39 is 5.41 Å². The number of nitrogens with zero attached hydrogens (tertiary/aromatic N) is 2. The van der Waals surface area contributed by atoms with E-state index >= 15 is 0 Å². The van der Waals surface area contributed by atoms with E-state index in [2.05, 4.69) is 256 Å². The zero-order valence-electron chi connectivity index (χ0n) is 35.7. The molecule has 2 aliphatic carbocycles. The predicted molar refractivity (Wildman–Crippen MR) is 260 cm³/mol. The topological polar surface area (TPSA) is 6.48 Å². The van der Waals surface area contributed by atoms with E-state index in [0.717, 1.165) is 34.1 Å². The van der Waals surface area contributed by atoms with Crippen LogP contribution in [0.15, 0.2) is 218 Å². The highest BCUT2D eigenvalue weighted by molar-refractivity contribution is 5.93. The summed E-state index contributed by atoms with van der Waals surface area (Å²) < 4.78 is 0. The Morgan fingerprint density at radius 3 is 1.02 bits per heavy atom. The van der Waals surface area contributed by atoms with Crippen LogP contribution in [0.1, 0.15) is 58.4 Å². The first-order valence-electron chi connectivity index (χ1n) is 21.8. The molecule has 0 atom stereocenters. The van der Waals surface area contributed by atoms with Crippen molar-refractivity contribution in [3.8, 4) is 22.3 Å². The van der Waals surface area contributed by atoms with Gasteiger partial charge in [-0.15, -0.1) is 0 Å². The molecular formula is C60H48N2. The molecule has 0 saturated carbocycles. The summed E-state index contributed by atoms with van der Waals surface area (Å²) in [6.07, 6.45) is 0. The molecule has 9 aromatic rings. The van der Waals surface area contributed by atoms with Crippen molar-refractivity contribution in [3.63, 3.8) is 0 Å². The lowest BCUT2D eigenvalue weighted by Gasteiger charge is -2.35. The van der Waals surface area contributed by atoms with Gasteiger partial charge >= 0.3 is 0 Å². The zero-order valence-corrected chi connectivity index (χ0v) is 35.7. The second-order valence-corrected chi connectivity index (χ2v) is 17.5. The summed E-state index contributed by atoms with van der Waals surface area (Å²) in [6, 6.07) is 80.8. The van der Waals surface area contributed by atoms with Crippen LogP contribution >= 0.6 is 0 Å². The molecule has 0 radical (unpaired) electrons. The second kappa shape index (κ2) is 14.6.